The Balaban J connectivity index is 1.49. The van der Waals surface area contributed by atoms with Gasteiger partial charge in [0.25, 0.3) is 11.8 Å². The van der Waals surface area contributed by atoms with Crippen molar-refractivity contribution < 1.29 is 19.1 Å². The second-order valence-electron chi connectivity index (χ2n) is 7.97. The smallest absolute Gasteiger partial charge is 0.277 e. The van der Waals surface area contributed by atoms with Crippen LogP contribution in [0.2, 0.25) is 0 Å². The number of hydrogen-bond donors (Lipinski definition) is 1. The van der Waals surface area contributed by atoms with E-state index in [4.69, 9.17) is 10.5 Å². The second kappa shape index (κ2) is 8.86. The molecule has 3 aromatic rings. The molecule has 2 N–H and O–H groups in total. The van der Waals surface area contributed by atoms with E-state index in [2.05, 4.69) is 5.10 Å². The van der Waals surface area contributed by atoms with Gasteiger partial charge in [0.15, 0.2) is 5.69 Å². The summed E-state index contributed by atoms with van der Waals surface area (Å²) in [5.74, 6) is 1.20. The molecule has 0 saturated carbocycles. The highest BCUT2D eigenvalue weighted by atomic mass is 32.2. The Morgan fingerprint density at radius 3 is 2.24 bits per heavy atom. The number of thioether (sulfide) groups is 1. The van der Waals surface area contributed by atoms with Gasteiger partial charge in [0.05, 0.1) is 18.6 Å². The maximum Gasteiger partial charge on any atom is 0.277 e. The van der Waals surface area contributed by atoms with Gasteiger partial charge in [-0.25, -0.2) is 4.68 Å². The molecule has 0 spiro atoms. The molecule has 1 fully saturated rings. The molecular weight excluding hydrogens is 454 g/mol. The number of fused-ring (bicyclic) bond motifs is 1. The van der Waals surface area contributed by atoms with E-state index in [1.807, 2.05) is 24.3 Å². The number of hydrogen-bond acceptors (Lipinski definition) is 6. The number of primary amides is 1. The SMILES string of the molecule is COc1ccc(-n2nc(C(N)=O)c3c2C(=O)N(c2ccc(N4CCSCC4=O)cc2)CC3)cc1. The Labute approximate surface area is 200 Å². The van der Waals surface area contributed by atoms with Crippen molar-refractivity contribution in [3.63, 3.8) is 0 Å². The third kappa shape index (κ3) is 3.79. The molecular formula is C24H23N5O4S. The predicted octanol–water partition coefficient (Wildman–Crippen LogP) is 2.26. The molecule has 34 heavy (non-hydrogen) atoms. The van der Waals surface area contributed by atoms with Crippen molar-refractivity contribution in [1.29, 1.82) is 0 Å². The van der Waals surface area contributed by atoms with Crippen LogP contribution in [0.25, 0.3) is 5.69 Å². The van der Waals surface area contributed by atoms with Crippen LogP contribution in [0.3, 0.4) is 0 Å². The molecule has 0 atom stereocenters. The van der Waals surface area contributed by atoms with E-state index in [0.717, 1.165) is 11.4 Å². The zero-order valence-corrected chi connectivity index (χ0v) is 19.4. The number of carbonyl (C=O) groups is 3. The fraction of sp³-hybridized carbons (Fsp3) is 0.250. The molecule has 1 aromatic heterocycles. The van der Waals surface area contributed by atoms with Crippen LogP contribution in [-0.4, -0.2) is 59.2 Å². The summed E-state index contributed by atoms with van der Waals surface area (Å²) in [6.07, 6.45) is 0.444. The van der Waals surface area contributed by atoms with E-state index >= 15 is 0 Å². The van der Waals surface area contributed by atoms with Crippen molar-refractivity contribution in [1.82, 2.24) is 9.78 Å². The number of rotatable bonds is 5. The van der Waals surface area contributed by atoms with Crippen molar-refractivity contribution >= 4 is 40.9 Å². The molecule has 3 heterocycles. The van der Waals surface area contributed by atoms with Crippen molar-refractivity contribution in [2.75, 3.05) is 41.5 Å². The fourth-order valence-corrected chi connectivity index (χ4v) is 5.10. The highest BCUT2D eigenvalue weighted by Crippen LogP contribution is 2.31. The van der Waals surface area contributed by atoms with E-state index in [1.54, 1.807) is 52.9 Å². The molecule has 174 valence electrons. The number of benzene rings is 2. The third-order valence-corrected chi connectivity index (χ3v) is 6.95. The summed E-state index contributed by atoms with van der Waals surface area (Å²) in [6, 6.07) is 14.5. The van der Waals surface area contributed by atoms with Crippen molar-refractivity contribution in [2.24, 2.45) is 5.73 Å². The van der Waals surface area contributed by atoms with Gasteiger partial charge in [0, 0.05) is 35.8 Å². The molecule has 5 rings (SSSR count). The molecule has 0 radical (unpaired) electrons. The molecule has 9 nitrogen and oxygen atoms in total. The average Bonchev–Trinajstić information content (AvgIpc) is 3.26. The number of anilines is 2. The second-order valence-corrected chi connectivity index (χ2v) is 9.08. The normalized spacial score (nSPS) is 15.9. The zero-order chi connectivity index (χ0) is 23.8. The third-order valence-electron chi connectivity index (χ3n) is 6.03. The molecule has 0 unspecified atom stereocenters. The van der Waals surface area contributed by atoms with Crippen molar-refractivity contribution in [2.45, 2.75) is 6.42 Å². The van der Waals surface area contributed by atoms with E-state index in [9.17, 15) is 14.4 Å². The molecule has 0 bridgehead atoms. The van der Waals surface area contributed by atoms with Crippen LogP contribution in [0.15, 0.2) is 48.5 Å². The maximum absolute atomic E-state index is 13.6. The number of nitrogens with two attached hydrogens (primary N) is 1. The van der Waals surface area contributed by atoms with Gasteiger partial charge in [-0.3, -0.25) is 14.4 Å². The van der Waals surface area contributed by atoms with Crippen molar-refractivity contribution in [3.8, 4) is 11.4 Å². The number of aromatic nitrogens is 2. The Morgan fingerprint density at radius 2 is 1.62 bits per heavy atom. The molecule has 2 aliphatic rings. The quantitative estimate of drug-likeness (QED) is 0.604. The van der Waals surface area contributed by atoms with Gasteiger partial charge < -0.3 is 20.3 Å². The van der Waals surface area contributed by atoms with Gasteiger partial charge >= 0.3 is 0 Å². The molecule has 2 aliphatic heterocycles. The Bertz CT molecular complexity index is 1270. The first-order valence-electron chi connectivity index (χ1n) is 10.8. The summed E-state index contributed by atoms with van der Waals surface area (Å²) < 4.78 is 6.69. The first kappa shape index (κ1) is 22.0. The van der Waals surface area contributed by atoms with Crippen LogP contribution < -0.4 is 20.3 Å². The lowest BCUT2D eigenvalue weighted by Crippen LogP contribution is -2.39. The minimum atomic E-state index is -0.668. The highest BCUT2D eigenvalue weighted by molar-refractivity contribution is 8.00. The molecule has 1 saturated heterocycles. The van der Waals surface area contributed by atoms with E-state index < -0.39 is 5.91 Å². The summed E-state index contributed by atoms with van der Waals surface area (Å²) in [6.45, 7) is 1.06. The standard InChI is InChI=1S/C24H23N5O4S/c1-33-18-8-6-17(7-9-18)29-22-19(21(26-29)23(25)31)10-11-28(24(22)32)16-4-2-15(3-5-16)27-12-13-34-14-20(27)30/h2-9H,10-14H2,1H3,(H2,25,31). The van der Waals surface area contributed by atoms with Crippen LogP contribution in [0.4, 0.5) is 11.4 Å². The summed E-state index contributed by atoms with van der Waals surface area (Å²) in [5.41, 5.74) is 8.70. The lowest BCUT2D eigenvalue weighted by Gasteiger charge is -2.29. The number of methoxy groups -OCH3 is 1. The number of nitrogens with zero attached hydrogens (tertiary/aromatic N) is 4. The van der Waals surface area contributed by atoms with Crippen LogP contribution in [0.1, 0.15) is 26.5 Å². The predicted molar refractivity (Wildman–Crippen MR) is 130 cm³/mol. The van der Waals surface area contributed by atoms with Crippen LogP contribution >= 0.6 is 11.8 Å². The zero-order valence-electron chi connectivity index (χ0n) is 18.6. The van der Waals surface area contributed by atoms with Gasteiger partial charge in [-0.15, -0.1) is 0 Å². The largest absolute Gasteiger partial charge is 0.497 e. The summed E-state index contributed by atoms with van der Waals surface area (Å²) in [7, 11) is 1.57. The van der Waals surface area contributed by atoms with Crippen LogP contribution in [0.5, 0.6) is 5.75 Å². The van der Waals surface area contributed by atoms with Crippen LogP contribution in [-0.2, 0) is 11.2 Å². The van der Waals surface area contributed by atoms with Gasteiger partial charge in [0.2, 0.25) is 5.91 Å². The van der Waals surface area contributed by atoms with E-state index in [0.29, 0.717) is 53.6 Å². The monoisotopic (exact) mass is 477 g/mol. The fourth-order valence-electron chi connectivity index (χ4n) is 4.32. The summed E-state index contributed by atoms with van der Waals surface area (Å²) in [5, 5.41) is 4.39. The van der Waals surface area contributed by atoms with E-state index in [-0.39, 0.29) is 17.5 Å². The summed E-state index contributed by atoms with van der Waals surface area (Å²) >= 11 is 1.63. The first-order chi connectivity index (χ1) is 16.5. The lowest BCUT2D eigenvalue weighted by molar-refractivity contribution is -0.116. The highest BCUT2D eigenvalue weighted by Gasteiger charge is 2.34. The van der Waals surface area contributed by atoms with Gasteiger partial charge in [0.1, 0.15) is 11.4 Å². The number of ether oxygens (including phenoxy) is 1. The van der Waals surface area contributed by atoms with Gasteiger partial charge in [-0.05, 0) is 55.0 Å². The minimum Gasteiger partial charge on any atom is -0.497 e. The Morgan fingerprint density at radius 1 is 0.971 bits per heavy atom. The molecule has 3 amide bonds. The first-order valence-corrected chi connectivity index (χ1v) is 12.0. The van der Waals surface area contributed by atoms with Gasteiger partial charge in [-0.1, -0.05) is 0 Å². The lowest BCUT2D eigenvalue weighted by atomic mass is 10.0. The van der Waals surface area contributed by atoms with Gasteiger partial charge in [-0.2, -0.15) is 16.9 Å². The Hall–Kier alpha value is -3.79. The topological polar surface area (TPSA) is 111 Å². The Kier molecular flexibility index (Phi) is 5.74. The van der Waals surface area contributed by atoms with Crippen molar-refractivity contribution in [3.05, 3.63) is 65.5 Å². The average molecular weight is 478 g/mol. The molecule has 2 aromatic carbocycles. The molecule has 0 aliphatic carbocycles. The van der Waals surface area contributed by atoms with Crippen LogP contribution in [0, 0.1) is 0 Å². The molecule has 10 heteroatoms. The number of carbonyl (C=O) groups excluding carboxylic acids is 3. The maximum atomic E-state index is 13.6. The summed E-state index contributed by atoms with van der Waals surface area (Å²) in [4.78, 5) is 41.3. The minimum absolute atomic E-state index is 0.0880. The number of amides is 3. The van der Waals surface area contributed by atoms with E-state index in [1.165, 1.54) is 4.68 Å².